The van der Waals surface area contributed by atoms with Gasteiger partial charge >= 0.3 is 0 Å². The summed E-state index contributed by atoms with van der Waals surface area (Å²) >= 11 is 0. The molecule has 0 radical (unpaired) electrons. The van der Waals surface area contributed by atoms with E-state index < -0.39 is 0 Å². The van der Waals surface area contributed by atoms with Crippen LogP contribution in [0.1, 0.15) is 26.2 Å². The van der Waals surface area contributed by atoms with Crippen molar-refractivity contribution in [2.45, 2.75) is 38.4 Å². The zero-order valence-electron chi connectivity index (χ0n) is 7.98. The van der Waals surface area contributed by atoms with Crippen LogP contribution in [0.25, 0.3) is 0 Å². The Morgan fingerprint density at radius 2 is 2.15 bits per heavy atom. The van der Waals surface area contributed by atoms with Crippen molar-refractivity contribution < 1.29 is 9.53 Å². The minimum atomic E-state index is 0.294. The third-order valence-corrected chi connectivity index (χ3v) is 2.07. The van der Waals surface area contributed by atoms with Gasteiger partial charge in [0.05, 0.1) is 6.10 Å². The number of epoxide rings is 1. The molecule has 0 N–H and O–H groups in total. The summed E-state index contributed by atoms with van der Waals surface area (Å²) in [5, 5.41) is 0. The summed E-state index contributed by atoms with van der Waals surface area (Å²) in [6, 6.07) is 0. The van der Waals surface area contributed by atoms with Crippen LogP contribution in [-0.4, -0.2) is 18.5 Å². The number of hydrogen-bond donors (Lipinski definition) is 0. The quantitative estimate of drug-likeness (QED) is 0.271. The molecule has 0 aromatic heterocycles. The molecule has 0 aromatic rings. The number of aldehydes is 1. The van der Waals surface area contributed by atoms with Gasteiger partial charge in [0.15, 0.2) is 0 Å². The van der Waals surface area contributed by atoms with E-state index in [2.05, 4.69) is 6.92 Å². The van der Waals surface area contributed by atoms with Gasteiger partial charge in [-0.2, -0.15) is 0 Å². The van der Waals surface area contributed by atoms with Crippen LogP contribution in [0.5, 0.6) is 0 Å². The summed E-state index contributed by atoms with van der Waals surface area (Å²) in [6.07, 6.45) is 12.2. The maximum atomic E-state index is 9.92. The van der Waals surface area contributed by atoms with Crippen molar-refractivity contribution >= 4 is 6.29 Å². The Hall–Kier alpha value is -0.890. The van der Waals surface area contributed by atoms with Gasteiger partial charge in [0, 0.05) is 0 Å². The molecule has 0 spiro atoms. The Labute approximate surface area is 79.3 Å². The third kappa shape index (κ3) is 4.04. The number of allylic oxidation sites excluding steroid dienone is 3. The van der Waals surface area contributed by atoms with Gasteiger partial charge in [0.1, 0.15) is 12.4 Å². The van der Waals surface area contributed by atoms with Gasteiger partial charge in [-0.05, 0) is 12.5 Å². The molecule has 0 aromatic carbocycles. The Morgan fingerprint density at radius 1 is 1.31 bits per heavy atom. The third-order valence-electron chi connectivity index (χ3n) is 2.07. The number of ether oxygens (including phenoxy) is 1. The molecule has 1 aliphatic heterocycles. The Morgan fingerprint density at radius 3 is 2.85 bits per heavy atom. The predicted molar refractivity (Wildman–Crippen MR) is 52.5 cm³/mol. The lowest BCUT2D eigenvalue weighted by atomic mass is 10.1. The second kappa shape index (κ2) is 5.70. The molecule has 0 bridgehead atoms. The number of hydrogen-bond acceptors (Lipinski definition) is 2. The van der Waals surface area contributed by atoms with Crippen molar-refractivity contribution in [2.75, 3.05) is 0 Å². The molecule has 2 nitrogen and oxygen atoms in total. The summed E-state index contributed by atoms with van der Waals surface area (Å²) in [6.45, 7) is 2.18. The predicted octanol–water partition coefficient (Wildman–Crippen LogP) is 2.26. The van der Waals surface area contributed by atoms with Gasteiger partial charge in [-0.15, -0.1) is 0 Å². The lowest BCUT2D eigenvalue weighted by molar-refractivity contribution is -0.104. The monoisotopic (exact) mass is 180 g/mol. The first-order chi connectivity index (χ1) is 6.38. The molecule has 1 fully saturated rings. The molecule has 0 amide bonds. The van der Waals surface area contributed by atoms with Crippen LogP contribution >= 0.6 is 0 Å². The molecule has 0 unspecified atom stereocenters. The Bertz CT molecular complexity index is 206. The lowest BCUT2D eigenvalue weighted by Gasteiger charge is -1.88. The minimum absolute atomic E-state index is 0.294. The number of carbonyl (C=O) groups excluding carboxylic acids is 1. The molecule has 1 rings (SSSR count). The fourth-order valence-electron chi connectivity index (χ4n) is 1.25. The number of unbranched alkanes of at least 4 members (excludes halogenated alkanes) is 1. The van der Waals surface area contributed by atoms with E-state index in [1.165, 1.54) is 18.9 Å². The first-order valence-corrected chi connectivity index (χ1v) is 4.82. The van der Waals surface area contributed by atoms with E-state index in [4.69, 9.17) is 4.74 Å². The van der Waals surface area contributed by atoms with Crippen molar-refractivity contribution in [3.8, 4) is 0 Å². The van der Waals surface area contributed by atoms with Gasteiger partial charge in [-0.1, -0.05) is 38.0 Å². The molecule has 13 heavy (non-hydrogen) atoms. The van der Waals surface area contributed by atoms with E-state index in [1.807, 2.05) is 12.2 Å². The van der Waals surface area contributed by atoms with Gasteiger partial charge in [0.25, 0.3) is 0 Å². The second-order valence-corrected chi connectivity index (χ2v) is 3.19. The van der Waals surface area contributed by atoms with E-state index in [1.54, 1.807) is 6.08 Å². The highest BCUT2D eigenvalue weighted by molar-refractivity contribution is 5.65. The van der Waals surface area contributed by atoms with Crippen molar-refractivity contribution in [3.05, 3.63) is 24.3 Å². The average Bonchev–Trinajstić information content (AvgIpc) is 2.88. The van der Waals surface area contributed by atoms with Crippen LogP contribution in [0.3, 0.4) is 0 Å². The fraction of sp³-hybridized carbons (Fsp3) is 0.545. The standard InChI is InChI=1S/C11H16O2/c1-2-3-7-10-11(13-10)8-5-4-6-9-12/h4-6,8-11H,2-3,7H2,1H3/t10-,11+/m1/s1. The Kier molecular flexibility index (Phi) is 4.47. The zero-order chi connectivity index (χ0) is 9.52. The van der Waals surface area contributed by atoms with Crippen molar-refractivity contribution in [3.63, 3.8) is 0 Å². The van der Waals surface area contributed by atoms with E-state index in [0.717, 1.165) is 12.7 Å². The average molecular weight is 180 g/mol. The molecular formula is C11H16O2. The van der Waals surface area contributed by atoms with Crippen LogP contribution in [0.4, 0.5) is 0 Å². The Balaban J connectivity index is 2.09. The maximum absolute atomic E-state index is 9.92. The van der Waals surface area contributed by atoms with Gasteiger partial charge in [-0.25, -0.2) is 0 Å². The molecule has 0 saturated carbocycles. The van der Waals surface area contributed by atoms with Gasteiger partial charge in [-0.3, -0.25) is 4.79 Å². The summed E-state index contributed by atoms with van der Waals surface area (Å²) in [7, 11) is 0. The summed E-state index contributed by atoms with van der Waals surface area (Å²) in [5.41, 5.74) is 0. The van der Waals surface area contributed by atoms with E-state index >= 15 is 0 Å². The fourth-order valence-corrected chi connectivity index (χ4v) is 1.25. The van der Waals surface area contributed by atoms with Gasteiger partial charge < -0.3 is 4.74 Å². The van der Waals surface area contributed by atoms with Crippen LogP contribution in [0, 0.1) is 0 Å². The molecule has 2 atom stereocenters. The summed E-state index contributed by atoms with van der Waals surface area (Å²) in [4.78, 5) is 9.92. The van der Waals surface area contributed by atoms with Crippen LogP contribution in [0.15, 0.2) is 24.3 Å². The van der Waals surface area contributed by atoms with E-state index in [9.17, 15) is 4.79 Å². The lowest BCUT2D eigenvalue weighted by Crippen LogP contribution is -1.89. The van der Waals surface area contributed by atoms with Gasteiger partial charge in [0.2, 0.25) is 0 Å². The van der Waals surface area contributed by atoms with Crippen LogP contribution in [-0.2, 0) is 9.53 Å². The normalized spacial score (nSPS) is 27.2. The largest absolute Gasteiger partial charge is 0.365 e. The molecule has 0 aliphatic carbocycles. The van der Waals surface area contributed by atoms with Crippen molar-refractivity contribution in [1.29, 1.82) is 0 Å². The second-order valence-electron chi connectivity index (χ2n) is 3.19. The van der Waals surface area contributed by atoms with Crippen molar-refractivity contribution in [1.82, 2.24) is 0 Å². The SMILES string of the molecule is CCCC[C@H]1O[C@H]1C=CC=CC=O. The number of rotatable bonds is 6. The topological polar surface area (TPSA) is 29.6 Å². The summed E-state index contributed by atoms with van der Waals surface area (Å²) in [5.74, 6) is 0. The first-order valence-electron chi connectivity index (χ1n) is 4.82. The molecule has 72 valence electrons. The van der Waals surface area contributed by atoms with Crippen molar-refractivity contribution in [2.24, 2.45) is 0 Å². The van der Waals surface area contributed by atoms with E-state index in [-0.39, 0.29) is 0 Å². The smallest absolute Gasteiger partial charge is 0.142 e. The molecule has 1 heterocycles. The highest BCUT2D eigenvalue weighted by Crippen LogP contribution is 2.27. The highest BCUT2D eigenvalue weighted by Gasteiger charge is 2.34. The minimum Gasteiger partial charge on any atom is -0.365 e. The molecule has 2 heteroatoms. The maximum Gasteiger partial charge on any atom is 0.142 e. The highest BCUT2D eigenvalue weighted by atomic mass is 16.6. The van der Waals surface area contributed by atoms with Crippen LogP contribution in [0.2, 0.25) is 0 Å². The summed E-state index contributed by atoms with van der Waals surface area (Å²) < 4.78 is 5.39. The number of carbonyl (C=O) groups is 1. The molecule has 1 aliphatic rings. The van der Waals surface area contributed by atoms with Crippen LogP contribution < -0.4 is 0 Å². The van der Waals surface area contributed by atoms with E-state index in [0.29, 0.717) is 12.2 Å². The first kappa shape index (κ1) is 10.2. The zero-order valence-corrected chi connectivity index (χ0v) is 7.98. The molecular weight excluding hydrogens is 164 g/mol. The molecule has 1 saturated heterocycles.